The summed E-state index contributed by atoms with van der Waals surface area (Å²) in [6.07, 6.45) is 0. The molecule has 0 spiro atoms. The van der Waals surface area contributed by atoms with E-state index in [1.165, 1.54) is 26.0 Å². The van der Waals surface area contributed by atoms with E-state index in [1.807, 2.05) is 0 Å². The molecule has 3 N–H and O–H groups in total. The lowest BCUT2D eigenvalue weighted by Crippen LogP contribution is -2.65. The Kier molecular flexibility index (Phi) is 3.86. The van der Waals surface area contributed by atoms with Gasteiger partial charge in [-0.3, -0.25) is 19.7 Å². The van der Waals surface area contributed by atoms with E-state index in [4.69, 9.17) is 28.9 Å². The van der Waals surface area contributed by atoms with E-state index in [0.29, 0.717) is 0 Å². The molecule has 1 aromatic carbocycles. The minimum absolute atomic E-state index is 0.0325. The summed E-state index contributed by atoms with van der Waals surface area (Å²) < 4.78 is 0. The highest BCUT2D eigenvalue weighted by molar-refractivity contribution is 6.44. The number of halogens is 2. The normalized spacial score (nSPS) is 17.6. The van der Waals surface area contributed by atoms with Crippen LogP contribution in [-0.2, 0) is 9.59 Å². The van der Waals surface area contributed by atoms with E-state index in [-0.39, 0.29) is 27.8 Å². The number of nitrogens with zero attached hydrogens (tertiary/aromatic N) is 1. The summed E-state index contributed by atoms with van der Waals surface area (Å²) in [6.45, 7) is 2.82. The van der Waals surface area contributed by atoms with Crippen molar-refractivity contribution in [2.45, 2.75) is 19.4 Å². The zero-order valence-electron chi connectivity index (χ0n) is 11.4. The Bertz CT molecular complexity index is 658. The van der Waals surface area contributed by atoms with E-state index < -0.39 is 23.3 Å². The third-order valence-corrected chi connectivity index (χ3v) is 4.11. The molecule has 1 aliphatic heterocycles. The molecule has 112 valence electrons. The zero-order chi connectivity index (χ0) is 15.9. The van der Waals surface area contributed by atoms with Gasteiger partial charge in [-0.15, -0.1) is 0 Å². The Morgan fingerprint density at radius 3 is 2.57 bits per heavy atom. The molecule has 0 aromatic heterocycles. The lowest BCUT2D eigenvalue weighted by Gasteiger charge is -2.40. The van der Waals surface area contributed by atoms with Crippen molar-refractivity contribution in [3.63, 3.8) is 0 Å². The summed E-state index contributed by atoms with van der Waals surface area (Å²) in [7, 11) is 0. The third kappa shape index (κ3) is 2.69. The van der Waals surface area contributed by atoms with Crippen molar-refractivity contribution in [1.82, 2.24) is 10.2 Å². The molecule has 0 bridgehead atoms. The topological polar surface area (TPSA) is 92.5 Å². The fourth-order valence-electron chi connectivity index (χ4n) is 2.02. The number of piperazine rings is 1. The predicted molar refractivity (Wildman–Crippen MR) is 79.1 cm³/mol. The van der Waals surface area contributed by atoms with E-state index in [1.54, 1.807) is 0 Å². The minimum atomic E-state index is -1.19. The highest BCUT2D eigenvalue weighted by atomic mass is 35.5. The fraction of sp³-hybridized carbons (Fsp3) is 0.308. The Morgan fingerprint density at radius 2 is 1.95 bits per heavy atom. The summed E-state index contributed by atoms with van der Waals surface area (Å²) >= 11 is 11.9. The Morgan fingerprint density at radius 1 is 1.33 bits per heavy atom. The number of nitrogens with two attached hydrogens (primary N) is 1. The maximum atomic E-state index is 12.6. The third-order valence-electron chi connectivity index (χ3n) is 3.31. The molecule has 0 radical (unpaired) electrons. The molecular weight excluding hydrogens is 317 g/mol. The number of anilines is 1. The molecule has 0 aliphatic carbocycles. The van der Waals surface area contributed by atoms with Gasteiger partial charge in [0.1, 0.15) is 12.1 Å². The number of carbonyl (C=O) groups is 3. The average Bonchev–Trinajstić information content (AvgIpc) is 2.37. The van der Waals surface area contributed by atoms with Gasteiger partial charge in [0.15, 0.2) is 0 Å². The highest BCUT2D eigenvalue weighted by Crippen LogP contribution is 2.31. The summed E-state index contributed by atoms with van der Waals surface area (Å²) in [4.78, 5) is 37.2. The number of carbonyl (C=O) groups excluding carboxylic acids is 3. The van der Waals surface area contributed by atoms with Gasteiger partial charge in [0.25, 0.3) is 11.8 Å². The SMILES string of the molecule is CC1(C)C(=O)NC(=O)CN1C(=O)c1cc(N)cc(Cl)c1Cl. The lowest BCUT2D eigenvalue weighted by molar-refractivity contribution is -0.143. The number of hydrogen-bond donors (Lipinski definition) is 2. The Labute approximate surface area is 131 Å². The Balaban J connectivity index is 2.48. The van der Waals surface area contributed by atoms with Crippen molar-refractivity contribution in [3.8, 4) is 0 Å². The van der Waals surface area contributed by atoms with Gasteiger partial charge in [-0.1, -0.05) is 23.2 Å². The number of imide groups is 1. The van der Waals surface area contributed by atoms with Crippen LogP contribution < -0.4 is 11.1 Å². The van der Waals surface area contributed by atoms with Crippen LogP contribution in [0.4, 0.5) is 5.69 Å². The molecule has 0 unspecified atom stereocenters. The number of benzene rings is 1. The smallest absolute Gasteiger partial charge is 0.256 e. The number of rotatable bonds is 1. The van der Waals surface area contributed by atoms with Gasteiger partial charge in [0.05, 0.1) is 15.6 Å². The monoisotopic (exact) mass is 329 g/mol. The number of nitrogen functional groups attached to an aromatic ring is 1. The van der Waals surface area contributed by atoms with Gasteiger partial charge in [0, 0.05) is 5.69 Å². The summed E-state index contributed by atoms with van der Waals surface area (Å²) in [5.74, 6) is -1.69. The molecule has 1 fully saturated rings. The van der Waals surface area contributed by atoms with Crippen molar-refractivity contribution >= 4 is 46.6 Å². The zero-order valence-corrected chi connectivity index (χ0v) is 12.9. The molecule has 8 heteroatoms. The van der Waals surface area contributed by atoms with Crippen LogP contribution in [0, 0.1) is 0 Å². The van der Waals surface area contributed by atoms with Crippen LogP contribution >= 0.6 is 23.2 Å². The van der Waals surface area contributed by atoms with Gasteiger partial charge in [-0.05, 0) is 26.0 Å². The van der Waals surface area contributed by atoms with E-state index in [9.17, 15) is 14.4 Å². The number of nitrogens with one attached hydrogen (secondary N) is 1. The molecule has 2 rings (SSSR count). The largest absolute Gasteiger partial charge is 0.399 e. The molecule has 21 heavy (non-hydrogen) atoms. The number of hydrogen-bond acceptors (Lipinski definition) is 4. The molecule has 6 nitrogen and oxygen atoms in total. The first-order valence-corrected chi connectivity index (χ1v) is 6.81. The van der Waals surface area contributed by atoms with E-state index in [2.05, 4.69) is 5.32 Å². The van der Waals surface area contributed by atoms with Crippen LogP contribution in [0.1, 0.15) is 24.2 Å². The summed E-state index contributed by atoms with van der Waals surface area (Å²) in [5, 5.41) is 2.35. The van der Waals surface area contributed by atoms with Crippen LogP contribution in [0.3, 0.4) is 0 Å². The lowest BCUT2D eigenvalue weighted by atomic mass is 9.97. The summed E-state index contributed by atoms with van der Waals surface area (Å²) in [5.41, 5.74) is 4.78. The first-order valence-electron chi connectivity index (χ1n) is 6.05. The molecule has 0 atom stereocenters. The standard InChI is InChI=1S/C13H13Cl2N3O3/c1-13(2)12(21)17-9(19)5-18(13)11(20)7-3-6(16)4-8(14)10(7)15/h3-4H,5,16H2,1-2H3,(H,17,19,21). The first-order chi connectivity index (χ1) is 9.64. The average molecular weight is 330 g/mol. The van der Waals surface area contributed by atoms with Crippen LogP contribution in [0.5, 0.6) is 0 Å². The second-order valence-electron chi connectivity index (χ2n) is 5.19. The van der Waals surface area contributed by atoms with Crippen LogP contribution in [0.15, 0.2) is 12.1 Å². The molecule has 3 amide bonds. The van der Waals surface area contributed by atoms with Crippen molar-refractivity contribution in [2.75, 3.05) is 12.3 Å². The quantitative estimate of drug-likeness (QED) is 0.602. The molecule has 0 saturated carbocycles. The van der Waals surface area contributed by atoms with Crippen LogP contribution in [-0.4, -0.2) is 34.7 Å². The minimum Gasteiger partial charge on any atom is -0.399 e. The number of amides is 3. The van der Waals surface area contributed by atoms with Crippen molar-refractivity contribution in [3.05, 3.63) is 27.7 Å². The van der Waals surface area contributed by atoms with Crippen LogP contribution in [0.25, 0.3) is 0 Å². The summed E-state index contributed by atoms with van der Waals surface area (Å²) in [6, 6.07) is 2.78. The Hall–Kier alpha value is -1.79. The van der Waals surface area contributed by atoms with E-state index in [0.717, 1.165) is 4.90 Å². The molecule has 1 heterocycles. The van der Waals surface area contributed by atoms with Crippen molar-refractivity contribution in [1.29, 1.82) is 0 Å². The second kappa shape index (κ2) is 5.20. The molecule has 1 saturated heterocycles. The maximum absolute atomic E-state index is 12.6. The second-order valence-corrected chi connectivity index (χ2v) is 5.98. The van der Waals surface area contributed by atoms with Crippen molar-refractivity contribution in [2.24, 2.45) is 0 Å². The molecule has 1 aromatic rings. The van der Waals surface area contributed by atoms with Gasteiger partial charge in [-0.25, -0.2) is 0 Å². The van der Waals surface area contributed by atoms with Crippen molar-refractivity contribution < 1.29 is 14.4 Å². The van der Waals surface area contributed by atoms with Crippen LogP contribution in [0.2, 0.25) is 10.0 Å². The van der Waals surface area contributed by atoms with Gasteiger partial charge in [-0.2, -0.15) is 0 Å². The molecule has 1 aliphatic rings. The van der Waals surface area contributed by atoms with Gasteiger partial charge >= 0.3 is 0 Å². The van der Waals surface area contributed by atoms with Gasteiger partial charge < -0.3 is 10.6 Å². The molecular formula is C13H13Cl2N3O3. The fourth-order valence-corrected chi connectivity index (χ4v) is 2.44. The highest BCUT2D eigenvalue weighted by Gasteiger charge is 2.44. The maximum Gasteiger partial charge on any atom is 0.256 e. The van der Waals surface area contributed by atoms with Gasteiger partial charge in [0.2, 0.25) is 5.91 Å². The first kappa shape index (κ1) is 15.6. The van der Waals surface area contributed by atoms with E-state index >= 15 is 0 Å². The predicted octanol–water partition coefficient (Wildman–Crippen LogP) is 1.45.